The van der Waals surface area contributed by atoms with E-state index in [1.807, 2.05) is 26.0 Å². The number of amides is 2. The number of rotatable bonds is 4. The minimum atomic E-state index is -0.338. The van der Waals surface area contributed by atoms with Crippen molar-refractivity contribution in [2.24, 2.45) is 5.92 Å². The summed E-state index contributed by atoms with van der Waals surface area (Å²) in [7, 11) is 0. The Morgan fingerprint density at radius 2 is 1.93 bits per heavy atom. The normalized spacial score (nSPS) is 15.6. The van der Waals surface area contributed by atoms with E-state index in [1.165, 1.54) is 28.6 Å². The number of nitrogens with zero attached hydrogens (tertiary/aromatic N) is 2. The first-order valence-electron chi connectivity index (χ1n) is 9.98. The van der Waals surface area contributed by atoms with E-state index >= 15 is 0 Å². The van der Waals surface area contributed by atoms with Gasteiger partial charge in [0.2, 0.25) is 5.91 Å². The summed E-state index contributed by atoms with van der Waals surface area (Å²) >= 11 is 3.15. The van der Waals surface area contributed by atoms with Crippen molar-refractivity contribution < 1.29 is 9.59 Å². The van der Waals surface area contributed by atoms with Gasteiger partial charge >= 0.3 is 0 Å². The Labute approximate surface area is 183 Å². The molecule has 2 aromatic heterocycles. The van der Waals surface area contributed by atoms with Crippen molar-refractivity contribution in [3.8, 4) is 0 Å². The van der Waals surface area contributed by atoms with E-state index in [1.54, 1.807) is 23.5 Å². The summed E-state index contributed by atoms with van der Waals surface area (Å²) in [5.74, 6) is 0.960. The molecule has 6 nitrogen and oxygen atoms in total. The van der Waals surface area contributed by atoms with Crippen molar-refractivity contribution in [1.82, 2.24) is 20.8 Å². The molecular weight excluding hydrogens is 416 g/mol. The Morgan fingerprint density at radius 3 is 2.70 bits per heavy atom. The van der Waals surface area contributed by atoms with E-state index in [2.05, 4.69) is 27.7 Å². The van der Waals surface area contributed by atoms with Crippen molar-refractivity contribution >= 4 is 45.1 Å². The van der Waals surface area contributed by atoms with Crippen LogP contribution < -0.4 is 10.9 Å². The van der Waals surface area contributed by atoms with Crippen molar-refractivity contribution in [3.63, 3.8) is 0 Å². The first kappa shape index (κ1) is 20.8. The van der Waals surface area contributed by atoms with Crippen LogP contribution in [0.5, 0.6) is 0 Å². The Morgan fingerprint density at radius 1 is 1.17 bits per heavy atom. The van der Waals surface area contributed by atoms with Gasteiger partial charge in [0, 0.05) is 15.8 Å². The smallest absolute Gasteiger partial charge is 0.269 e. The van der Waals surface area contributed by atoms with Gasteiger partial charge in [0.25, 0.3) is 5.91 Å². The van der Waals surface area contributed by atoms with Gasteiger partial charge in [-0.1, -0.05) is 36.4 Å². The summed E-state index contributed by atoms with van der Waals surface area (Å²) < 4.78 is 0. The predicted molar refractivity (Wildman–Crippen MR) is 121 cm³/mol. The topological polar surface area (TPSA) is 84.0 Å². The van der Waals surface area contributed by atoms with Crippen LogP contribution in [0.25, 0.3) is 10.2 Å². The van der Waals surface area contributed by atoms with E-state index in [4.69, 9.17) is 0 Å². The van der Waals surface area contributed by atoms with E-state index in [-0.39, 0.29) is 17.6 Å². The van der Waals surface area contributed by atoms with Crippen molar-refractivity contribution in [3.05, 3.63) is 51.7 Å². The van der Waals surface area contributed by atoms with Gasteiger partial charge in [-0.05, 0) is 56.7 Å². The van der Waals surface area contributed by atoms with E-state index in [0.29, 0.717) is 17.3 Å². The van der Waals surface area contributed by atoms with Crippen molar-refractivity contribution in [1.29, 1.82) is 0 Å². The fraction of sp³-hybridized carbons (Fsp3) is 0.364. The van der Waals surface area contributed by atoms with Crippen LogP contribution in [0.2, 0.25) is 0 Å². The molecule has 0 fully saturated rings. The second-order valence-electron chi connectivity index (χ2n) is 7.76. The molecule has 2 heterocycles. The van der Waals surface area contributed by atoms with Crippen molar-refractivity contribution in [2.75, 3.05) is 5.75 Å². The number of aryl methyl sites for hydroxylation is 3. The molecule has 0 aliphatic heterocycles. The minimum Gasteiger partial charge on any atom is -0.272 e. The first-order chi connectivity index (χ1) is 14.4. The lowest BCUT2D eigenvalue weighted by atomic mass is 9.89. The lowest BCUT2D eigenvalue weighted by Crippen LogP contribution is -2.42. The third kappa shape index (κ3) is 4.49. The average molecular weight is 441 g/mol. The van der Waals surface area contributed by atoms with Gasteiger partial charge in [-0.25, -0.2) is 9.97 Å². The van der Waals surface area contributed by atoms with E-state index < -0.39 is 0 Å². The zero-order chi connectivity index (χ0) is 21.3. The standard InChI is InChI=1S/C22H24N4O2S2/c1-12-4-7-15(8-5-12)20(28)26-25-18(27)11-29-21-19-16-9-6-13(2)10-17(16)30-22(19)24-14(3)23-21/h4-5,7-8,13H,6,9-11H2,1-3H3,(H,25,27)(H,26,28)/t13-/m1/s1. The van der Waals surface area contributed by atoms with Crippen LogP contribution in [-0.4, -0.2) is 27.5 Å². The van der Waals surface area contributed by atoms with Gasteiger partial charge in [-0.3, -0.25) is 20.4 Å². The fourth-order valence-corrected chi connectivity index (χ4v) is 5.98. The van der Waals surface area contributed by atoms with Crippen molar-refractivity contribution in [2.45, 2.75) is 45.1 Å². The monoisotopic (exact) mass is 440 g/mol. The molecule has 0 saturated heterocycles. The number of thioether (sulfide) groups is 1. The summed E-state index contributed by atoms with van der Waals surface area (Å²) in [6.45, 7) is 6.12. The number of nitrogens with one attached hydrogen (secondary N) is 2. The van der Waals surface area contributed by atoms with Crippen LogP contribution >= 0.6 is 23.1 Å². The average Bonchev–Trinajstić information content (AvgIpc) is 3.07. The molecule has 3 aromatic rings. The molecule has 0 unspecified atom stereocenters. The number of benzene rings is 1. The highest BCUT2D eigenvalue weighted by molar-refractivity contribution is 8.00. The van der Waals surface area contributed by atoms with Gasteiger partial charge in [-0.2, -0.15) is 0 Å². The maximum Gasteiger partial charge on any atom is 0.269 e. The maximum atomic E-state index is 12.3. The summed E-state index contributed by atoms with van der Waals surface area (Å²) in [6.07, 6.45) is 3.29. The number of hydrogen-bond donors (Lipinski definition) is 2. The molecule has 4 rings (SSSR count). The van der Waals surface area contributed by atoms with Crippen LogP contribution in [0.1, 0.15) is 45.5 Å². The molecule has 0 saturated carbocycles. The van der Waals surface area contributed by atoms with Gasteiger partial charge in [0.1, 0.15) is 15.7 Å². The number of carbonyl (C=O) groups excluding carboxylic acids is 2. The van der Waals surface area contributed by atoms with Crippen LogP contribution in [0.3, 0.4) is 0 Å². The molecule has 1 aliphatic carbocycles. The van der Waals surface area contributed by atoms with Crippen LogP contribution in [0.4, 0.5) is 0 Å². The quantitative estimate of drug-likeness (QED) is 0.364. The molecule has 2 N–H and O–H groups in total. The van der Waals surface area contributed by atoms with Gasteiger partial charge in [-0.15, -0.1) is 11.3 Å². The third-order valence-electron chi connectivity index (χ3n) is 5.20. The number of aromatic nitrogens is 2. The minimum absolute atomic E-state index is 0.167. The summed E-state index contributed by atoms with van der Waals surface area (Å²) in [5.41, 5.74) is 7.88. The van der Waals surface area contributed by atoms with Gasteiger partial charge < -0.3 is 0 Å². The lowest BCUT2D eigenvalue weighted by Gasteiger charge is -2.18. The Kier molecular flexibility index (Phi) is 6.06. The van der Waals surface area contributed by atoms with Crippen LogP contribution in [-0.2, 0) is 17.6 Å². The fourth-order valence-electron chi connectivity index (χ4n) is 3.59. The summed E-state index contributed by atoms with van der Waals surface area (Å²) in [4.78, 5) is 36.1. The Hall–Kier alpha value is -2.45. The molecule has 8 heteroatoms. The summed E-state index contributed by atoms with van der Waals surface area (Å²) in [6, 6.07) is 7.17. The predicted octanol–water partition coefficient (Wildman–Crippen LogP) is 3.99. The first-order valence-corrected chi connectivity index (χ1v) is 11.8. The summed E-state index contributed by atoms with van der Waals surface area (Å²) in [5, 5.41) is 1.96. The Bertz CT molecular complexity index is 1110. The highest BCUT2D eigenvalue weighted by Crippen LogP contribution is 2.40. The van der Waals surface area contributed by atoms with E-state index in [9.17, 15) is 9.59 Å². The number of hydrazine groups is 1. The number of carbonyl (C=O) groups is 2. The van der Waals surface area contributed by atoms with Crippen LogP contribution in [0.15, 0.2) is 29.3 Å². The van der Waals surface area contributed by atoms with Gasteiger partial charge in [0.15, 0.2) is 0 Å². The molecule has 0 bridgehead atoms. The second kappa shape index (κ2) is 8.73. The molecule has 156 valence electrons. The molecule has 1 aromatic carbocycles. The molecular formula is C22H24N4O2S2. The van der Waals surface area contributed by atoms with E-state index in [0.717, 1.165) is 33.6 Å². The maximum absolute atomic E-state index is 12.3. The molecule has 1 atom stereocenters. The molecule has 0 radical (unpaired) electrons. The zero-order valence-electron chi connectivity index (χ0n) is 17.2. The number of fused-ring (bicyclic) bond motifs is 3. The highest BCUT2D eigenvalue weighted by atomic mass is 32.2. The number of thiophene rings is 1. The zero-order valence-corrected chi connectivity index (χ0v) is 18.9. The molecule has 2 amide bonds. The number of hydrogen-bond acceptors (Lipinski definition) is 6. The molecule has 1 aliphatic rings. The Balaban J connectivity index is 1.42. The third-order valence-corrected chi connectivity index (χ3v) is 7.33. The SMILES string of the molecule is Cc1ccc(C(=O)NNC(=O)CSc2nc(C)nc3sc4c(c23)CC[C@@H](C)C4)cc1. The van der Waals surface area contributed by atoms with Gasteiger partial charge in [0.05, 0.1) is 5.75 Å². The molecule has 0 spiro atoms. The van der Waals surface area contributed by atoms with Crippen LogP contribution in [0, 0.1) is 19.8 Å². The lowest BCUT2D eigenvalue weighted by molar-refractivity contribution is -0.119. The second-order valence-corrected chi connectivity index (χ2v) is 9.81. The highest BCUT2D eigenvalue weighted by Gasteiger charge is 2.24. The largest absolute Gasteiger partial charge is 0.272 e. The molecule has 30 heavy (non-hydrogen) atoms.